The zero-order chi connectivity index (χ0) is 17.6. The number of anilines is 1. The van der Waals surface area contributed by atoms with Gasteiger partial charge in [0.2, 0.25) is 0 Å². The monoisotopic (exact) mass is 391 g/mol. The highest BCUT2D eigenvalue weighted by Gasteiger charge is 2.10. The summed E-state index contributed by atoms with van der Waals surface area (Å²) in [6, 6.07) is 13.8. The summed E-state index contributed by atoms with van der Waals surface area (Å²) in [7, 11) is 0. The number of H-pyrrole nitrogens is 1. The van der Waals surface area contributed by atoms with Gasteiger partial charge in [-0.25, -0.2) is 0 Å². The standard InChI is InChI=1S/C18H21N5OS.ClH/c19-7-8-23(11-13-1-3-14(12-24)4-2-13)18(25)21-16-5-6-17-15(9-16)10-20-22-17;/h1-6,9-10,24H,7-8,11-12,19H2,(H,20,22)(H,21,25);1H. The lowest BCUT2D eigenvalue weighted by atomic mass is 10.1. The number of hydrogen-bond acceptors (Lipinski definition) is 4. The molecule has 3 rings (SSSR count). The maximum Gasteiger partial charge on any atom is 0.173 e. The molecule has 1 heterocycles. The molecule has 0 bridgehead atoms. The number of benzene rings is 2. The molecule has 0 amide bonds. The lowest BCUT2D eigenvalue weighted by molar-refractivity contribution is 0.282. The van der Waals surface area contributed by atoms with Crippen LogP contribution in [0.5, 0.6) is 0 Å². The number of aliphatic hydroxyl groups is 1. The van der Waals surface area contributed by atoms with Crippen LogP contribution in [0.25, 0.3) is 10.9 Å². The average molecular weight is 392 g/mol. The summed E-state index contributed by atoms with van der Waals surface area (Å²) in [6.45, 7) is 1.87. The summed E-state index contributed by atoms with van der Waals surface area (Å²) in [4.78, 5) is 2.03. The summed E-state index contributed by atoms with van der Waals surface area (Å²) in [5.41, 5.74) is 9.65. The first-order valence-electron chi connectivity index (χ1n) is 8.07. The highest BCUT2D eigenvalue weighted by atomic mass is 35.5. The van der Waals surface area contributed by atoms with E-state index in [-0.39, 0.29) is 19.0 Å². The molecular formula is C18H22ClN5OS. The molecule has 0 saturated carbocycles. The normalized spacial score (nSPS) is 10.4. The van der Waals surface area contributed by atoms with Gasteiger partial charge in [0.25, 0.3) is 0 Å². The Kier molecular flexibility index (Phi) is 7.35. The second kappa shape index (κ2) is 9.49. The van der Waals surface area contributed by atoms with Gasteiger partial charge in [0.15, 0.2) is 5.11 Å². The molecule has 6 nitrogen and oxygen atoms in total. The zero-order valence-electron chi connectivity index (χ0n) is 14.2. The van der Waals surface area contributed by atoms with E-state index in [1.165, 1.54) is 0 Å². The van der Waals surface area contributed by atoms with Crippen LogP contribution in [-0.4, -0.2) is 38.4 Å². The number of halogens is 1. The topological polar surface area (TPSA) is 90.2 Å². The quantitative estimate of drug-likeness (QED) is 0.483. The second-order valence-electron chi connectivity index (χ2n) is 5.79. The molecule has 0 unspecified atom stereocenters. The Balaban J connectivity index is 0.00000243. The molecule has 0 atom stereocenters. The minimum atomic E-state index is 0. The Morgan fingerprint density at radius 2 is 1.92 bits per heavy atom. The third-order valence-electron chi connectivity index (χ3n) is 3.96. The van der Waals surface area contributed by atoms with E-state index < -0.39 is 0 Å². The molecule has 0 fully saturated rings. The number of aromatic nitrogens is 2. The first kappa shape index (κ1) is 20.1. The van der Waals surface area contributed by atoms with Gasteiger partial charge in [-0.2, -0.15) is 5.10 Å². The Bertz CT molecular complexity index is 852. The van der Waals surface area contributed by atoms with E-state index in [1.807, 2.05) is 47.4 Å². The van der Waals surface area contributed by atoms with E-state index in [2.05, 4.69) is 15.5 Å². The van der Waals surface area contributed by atoms with E-state index in [0.717, 1.165) is 27.7 Å². The van der Waals surface area contributed by atoms with Crippen molar-refractivity contribution in [3.63, 3.8) is 0 Å². The van der Waals surface area contributed by atoms with Gasteiger partial charge in [0.1, 0.15) is 0 Å². The number of aromatic amines is 1. The number of nitrogens with two attached hydrogens (primary N) is 1. The lowest BCUT2D eigenvalue weighted by Crippen LogP contribution is -2.37. The Hall–Kier alpha value is -2.19. The Morgan fingerprint density at radius 1 is 1.19 bits per heavy atom. The summed E-state index contributed by atoms with van der Waals surface area (Å²) >= 11 is 5.57. The smallest absolute Gasteiger partial charge is 0.173 e. The molecule has 5 N–H and O–H groups in total. The third kappa shape index (κ3) is 4.92. The van der Waals surface area contributed by atoms with Gasteiger partial charge in [-0.05, 0) is 41.5 Å². The van der Waals surface area contributed by atoms with Gasteiger partial charge in [0, 0.05) is 30.7 Å². The first-order chi connectivity index (χ1) is 12.2. The van der Waals surface area contributed by atoms with Crippen molar-refractivity contribution < 1.29 is 5.11 Å². The molecule has 0 aliphatic carbocycles. The van der Waals surface area contributed by atoms with Crippen LogP contribution in [-0.2, 0) is 13.2 Å². The maximum atomic E-state index is 9.14. The number of rotatable bonds is 6. The average Bonchev–Trinajstić information content (AvgIpc) is 3.09. The minimum Gasteiger partial charge on any atom is -0.392 e. The molecule has 8 heteroatoms. The largest absolute Gasteiger partial charge is 0.392 e. The summed E-state index contributed by atoms with van der Waals surface area (Å²) in [5.74, 6) is 0. The molecule has 0 radical (unpaired) electrons. The van der Waals surface area contributed by atoms with Gasteiger partial charge >= 0.3 is 0 Å². The van der Waals surface area contributed by atoms with Gasteiger partial charge < -0.3 is 21.1 Å². The second-order valence-corrected chi connectivity index (χ2v) is 6.17. The lowest BCUT2D eigenvalue weighted by Gasteiger charge is -2.25. The van der Waals surface area contributed by atoms with Crippen LogP contribution in [0.3, 0.4) is 0 Å². The van der Waals surface area contributed by atoms with Crippen molar-refractivity contribution in [2.75, 3.05) is 18.4 Å². The van der Waals surface area contributed by atoms with E-state index in [1.54, 1.807) is 6.20 Å². The first-order valence-corrected chi connectivity index (χ1v) is 8.48. The third-order valence-corrected chi connectivity index (χ3v) is 4.32. The molecule has 0 aliphatic heterocycles. The summed E-state index contributed by atoms with van der Waals surface area (Å²) < 4.78 is 0. The van der Waals surface area contributed by atoms with E-state index >= 15 is 0 Å². The van der Waals surface area contributed by atoms with E-state index in [4.69, 9.17) is 23.1 Å². The predicted molar refractivity (Wildman–Crippen MR) is 111 cm³/mol. The molecule has 0 spiro atoms. The minimum absolute atomic E-state index is 0. The van der Waals surface area contributed by atoms with Crippen LogP contribution < -0.4 is 11.1 Å². The van der Waals surface area contributed by atoms with Crippen molar-refractivity contribution in [1.82, 2.24) is 15.1 Å². The van der Waals surface area contributed by atoms with E-state index in [9.17, 15) is 0 Å². The maximum absolute atomic E-state index is 9.14. The van der Waals surface area contributed by atoms with Crippen molar-refractivity contribution in [2.24, 2.45) is 5.73 Å². The van der Waals surface area contributed by atoms with Crippen molar-refractivity contribution >= 4 is 46.3 Å². The Morgan fingerprint density at radius 3 is 2.62 bits per heavy atom. The van der Waals surface area contributed by atoms with Gasteiger partial charge in [-0.3, -0.25) is 5.10 Å². The van der Waals surface area contributed by atoms with Gasteiger partial charge in [0.05, 0.1) is 18.3 Å². The highest BCUT2D eigenvalue weighted by molar-refractivity contribution is 7.80. The number of aliphatic hydroxyl groups excluding tert-OH is 1. The molecule has 2 aromatic carbocycles. The molecule has 3 aromatic rings. The fraction of sp³-hybridized carbons (Fsp3) is 0.222. The SMILES string of the molecule is Cl.NCCN(Cc1ccc(CO)cc1)C(=S)Nc1ccc2[nH]ncc2c1. The fourth-order valence-electron chi connectivity index (χ4n) is 2.60. The van der Waals surface area contributed by atoms with Crippen LogP contribution in [0.4, 0.5) is 5.69 Å². The van der Waals surface area contributed by atoms with Crippen molar-refractivity contribution in [1.29, 1.82) is 0 Å². The number of fused-ring (bicyclic) bond motifs is 1. The number of hydrogen-bond donors (Lipinski definition) is 4. The zero-order valence-corrected chi connectivity index (χ0v) is 15.8. The Labute approximate surface area is 163 Å². The van der Waals surface area contributed by atoms with Gasteiger partial charge in [-0.15, -0.1) is 12.4 Å². The van der Waals surface area contributed by atoms with Crippen molar-refractivity contribution in [2.45, 2.75) is 13.2 Å². The number of nitrogens with one attached hydrogen (secondary N) is 2. The van der Waals surface area contributed by atoms with Crippen LogP contribution in [0.15, 0.2) is 48.7 Å². The molecular weight excluding hydrogens is 370 g/mol. The molecule has 26 heavy (non-hydrogen) atoms. The highest BCUT2D eigenvalue weighted by Crippen LogP contribution is 2.17. The van der Waals surface area contributed by atoms with Crippen LogP contribution in [0.1, 0.15) is 11.1 Å². The van der Waals surface area contributed by atoms with Crippen LogP contribution >= 0.6 is 24.6 Å². The summed E-state index contributed by atoms with van der Waals surface area (Å²) in [6.07, 6.45) is 1.78. The van der Waals surface area contributed by atoms with Crippen molar-refractivity contribution in [3.8, 4) is 0 Å². The van der Waals surface area contributed by atoms with Crippen LogP contribution in [0.2, 0.25) is 0 Å². The predicted octanol–water partition coefficient (Wildman–Crippen LogP) is 2.63. The summed E-state index contributed by atoms with van der Waals surface area (Å²) in [5, 5.41) is 21.0. The number of nitrogens with zero attached hydrogens (tertiary/aromatic N) is 2. The molecule has 138 valence electrons. The molecule has 0 saturated heterocycles. The van der Waals surface area contributed by atoms with Crippen LogP contribution in [0, 0.1) is 0 Å². The number of thiocarbonyl (C=S) groups is 1. The van der Waals surface area contributed by atoms with Crippen molar-refractivity contribution in [3.05, 3.63) is 59.8 Å². The van der Waals surface area contributed by atoms with E-state index in [0.29, 0.717) is 24.7 Å². The molecule has 1 aromatic heterocycles. The van der Waals surface area contributed by atoms with Gasteiger partial charge in [-0.1, -0.05) is 24.3 Å². The molecule has 0 aliphatic rings. The fourth-order valence-corrected chi connectivity index (χ4v) is 2.88.